The lowest BCUT2D eigenvalue weighted by Crippen LogP contribution is -2.31. The number of hydrogen-bond donors (Lipinski definition) is 3. The molecule has 1 aliphatic heterocycles. The van der Waals surface area contributed by atoms with Crippen LogP contribution in [0.2, 0.25) is 0 Å². The van der Waals surface area contributed by atoms with E-state index in [0.29, 0.717) is 44.4 Å². The maximum atomic E-state index is 13.5. The summed E-state index contributed by atoms with van der Waals surface area (Å²) < 4.78 is 11.2. The van der Waals surface area contributed by atoms with Crippen LogP contribution in [0.5, 0.6) is 5.75 Å². The van der Waals surface area contributed by atoms with Gasteiger partial charge in [-0.15, -0.1) is 11.3 Å². The Balaban J connectivity index is 1.64. The van der Waals surface area contributed by atoms with Crippen LogP contribution in [0.4, 0.5) is 10.8 Å². The number of anilines is 2. The van der Waals surface area contributed by atoms with E-state index in [1.165, 1.54) is 30.2 Å². The Morgan fingerprint density at radius 3 is 2.72 bits per heavy atom. The highest BCUT2D eigenvalue weighted by molar-refractivity contribution is 8.03. The predicted octanol–water partition coefficient (Wildman–Crippen LogP) is 4.76. The predicted molar refractivity (Wildman–Crippen MR) is 139 cm³/mol. The van der Waals surface area contributed by atoms with Gasteiger partial charge in [0, 0.05) is 17.3 Å². The number of hydrogen-bond acceptors (Lipinski definition) is 9. The van der Waals surface area contributed by atoms with Gasteiger partial charge in [-0.3, -0.25) is 9.59 Å². The van der Waals surface area contributed by atoms with Crippen LogP contribution in [-0.2, 0) is 9.59 Å². The number of methoxy groups -OCH3 is 1. The number of thiazole rings is 1. The SMILES string of the molecule is COc1ccccc1NC(=O)C1=C(C)NC(SCC(=O)Nc2nccs2)=C(C#N)[C@@H]1c1ccc(C)o1. The Kier molecular flexibility index (Phi) is 7.77. The Hall–Kier alpha value is -4.01. The number of nitrogens with zero attached hydrogens (tertiary/aromatic N) is 2. The zero-order chi connectivity index (χ0) is 25.7. The van der Waals surface area contributed by atoms with E-state index in [1.54, 1.807) is 61.8 Å². The highest BCUT2D eigenvalue weighted by Gasteiger charge is 2.37. The fraction of sp³-hybridized carbons (Fsp3) is 0.200. The molecular formula is C25H23N5O4S2. The summed E-state index contributed by atoms with van der Waals surface area (Å²) in [5, 5.41) is 21.7. The number of carbonyl (C=O) groups excluding carboxylic acids is 2. The molecule has 3 heterocycles. The number of thioether (sulfide) groups is 1. The average molecular weight is 522 g/mol. The van der Waals surface area contributed by atoms with Crippen molar-refractivity contribution in [3.8, 4) is 11.8 Å². The molecule has 3 aromatic rings. The van der Waals surface area contributed by atoms with E-state index < -0.39 is 11.8 Å². The molecule has 0 saturated carbocycles. The van der Waals surface area contributed by atoms with Crippen LogP contribution >= 0.6 is 23.1 Å². The third kappa shape index (κ3) is 5.45. The Morgan fingerprint density at radius 1 is 1.25 bits per heavy atom. The first kappa shape index (κ1) is 25.1. The molecule has 1 aromatic carbocycles. The molecule has 1 atom stereocenters. The van der Waals surface area contributed by atoms with Crippen molar-refractivity contribution in [1.29, 1.82) is 5.26 Å². The number of para-hydroxylation sites is 2. The summed E-state index contributed by atoms with van der Waals surface area (Å²) in [5.74, 6) is 0.254. The number of benzene rings is 1. The Labute approximate surface area is 216 Å². The van der Waals surface area contributed by atoms with Gasteiger partial charge in [0.05, 0.1) is 46.7 Å². The number of nitrogens with one attached hydrogen (secondary N) is 3. The van der Waals surface area contributed by atoms with E-state index in [-0.39, 0.29) is 17.2 Å². The Morgan fingerprint density at radius 2 is 2.06 bits per heavy atom. The summed E-state index contributed by atoms with van der Waals surface area (Å²) in [4.78, 5) is 30.0. The number of amides is 2. The monoisotopic (exact) mass is 521 g/mol. The molecule has 0 fully saturated rings. The van der Waals surface area contributed by atoms with Gasteiger partial charge < -0.3 is 25.1 Å². The molecule has 2 amide bonds. The lowest BCUT2D eigenvalue weighted by atomic mass is 9.85. The molecule has 11 heteroatoms. The van der Waals surface area contributed by atoms with Crippen molar-refractivity contribution >= 4 is 45.7 Å². The fourth-order valence-corrected chi connectivity index (χ4v) is 5.17. The second kappa shape index (κ2) is 11.2. The highest BCUT2D eigenvalue weighted by Crippen LogP contribution is 2.41. The molecule has 184 valence electrons. The number of aryl methyl sites for hydroxylation is 1. The molecule has 1 aliphatic rings. The van der Waals surface area contributed by atoms with Crippen LogP contribution in [-0.4, -0.2) is 29.7 Å². The van der Waals surface area contributed by atoms with E-state index in [1.807, 2.05) is 0 Å². The maximum Gasteiger partial charge on any atom is 0.254 e. The summed E-state index contributed by atoms with van der Waals surface area (Å²) in [6, 6.07) is 12.8. The normalized spacial score (nSPS) is 15.2. The van der Waals surface area contributed by atoms with Crippen LogP contribution in [0.25, 0.3) is 0 Å². The van der Waals surface area contributed by atoms with Gasteiger partial charge in [-0.05, 0) is 38.1 Å². The van der Waals surface area contributed by atoms with Crippen molar-refractivity contribution in [3.05, 3.63) is 81.4 Å². The molecule has 9 nitrogen and oxygen atoms in total. The molecule has 0 unspecified atom stereocenters. The zero-order valence-corrected chi connectivity index (χ0v) is 21.4. The van der Waals surface area contributed by atoms with Gasteiger partial charge in [0.25, 0.3) is 5.91 Å². The van der Waals surface area contributed by atoms with E-state index in [4.69, 9.17) is 9.15 Å². The summed E-state index contributed by atoms with van der Waals surface area (Å²) >= 11 is 2.50. The van der Waals surface area contributed by atoms with Gasteiger partial charge >= 0.3 is 0 Å². The first-order valence-electron chi connectivity index (χ1n) is 10.9. The molecule has 0 radical (unpaired) electrons. The second-order valence-electron chi connectivity index (χ2n) is 7.73. The van der Waals surface area contributed by atoms with Crippen molar-refractivity contribution in [3.63, 3.8) is 0 Å². The van der Waals surface area contributed by atoms with Crippen molar-refractivity contribution < 1.29 is 18.7 Å². The molecule has 0 aliphatic carbocycles. The minimum atomic E-state index is -0.760. The third-order valence-corrected chi connectivity index (χ3v) is 7.02. The molecule has 2 aromatic heterocycles. The first-order valence-corrected chi connectivity index (χ1v) is 12.7. The highest BCUT2D eigenvalue weighted by atomic mass is 32.2. The van der Waals surface area contributed by atoms with Crippen LogP contribution < -0.4 is 20.7 Å². The number of nitriles is 1. The summed E-state index contributed by atoms with van der Waals surface area (Å²) in [6.45, 7) is 3.55. The molecule has 0 saturated heterocycles. The lowest BCUT2D eigenvalue weighted by molar-refractivity contribution is -0.114. The third-order valence-electron chi connectivity index (χ3n) is 5.32. The molecule has 0 bridgehead atoms. The van der Waals surface area contributed by atoms with Gasteiger partial charge in [-0.25, -0.2) is 4.98 Å². The van der Waals surface area contributed by atoms with Crippen molar-refractivity contribution in [2.24, 2.45) is 0 Å². The Bertz CT molecular complexity index is 1390. The average Bonchev–Trinajstić information content (AvgIpc) is 3.54. The van der Waals surface area contributed by atoms with Gasteiger partial charge in [0.15, 0.2) is 5.13 Å². The fourth-order valence-electron chi connectivity index (χ4n) is 3.74. The van der Waals surface area contributed by atoms with Crippen LogP contribution in [0.1, 0.15) is 24.4 Å². The molecule has 4 rings (SSSR count). The van der Waals surface area contributed by atoms with Crippen molar-refractivity contribution in [1.82, 2.24) is 10.3 Å². The van der Waals surface area contributed by atoms with Gasteiger partial charge in [0.2, 0.25) is 5.91 Å². The standard InChI is InChI=1S/C25H23N5O4S2/c1-14-8-9-19(34-14)22-16(12-26)24(36-13-20(31)30-25-27-10-11-35-25)28-15(2)21(22)23(32)29-17-6-4-5-7-18(17)33-3/h4-11,22,28H,13H2,1-3H3,(H,29,32)(H,27,30,31)/t22-/m1/s1. The van der Waals surface area contributed by atoms with Crippen molar-refractivity contribution in [2.75, 3.05) is 23.5 Å². The molecule has 36 heavy (non-hydrogen) atoms. The molecule has 3 N–H and O–H groups in total. The number of furan rings is 1. The van der Waals surface area contributed by atoms with Crippen molar-refractivity contribution in [2.45, 2.75) is 19.8 Å². The zero-order valence-electron chi connectivity index (χ0n) is 19.7. The minimum Gasteiger partial charge on any atom is -0.495 e. The number of carbonyl (C=O) groups is 2. The van der Waals surface area contributed by atoms with E-state index in [2.05, 4.69) is 27.0 Å². The number of rotatable bonds is 8. The van der Waals surface area contributed by atoms with Crippen LogP contribution in [0.3, 0.4) is 0 Å². The van der Waals surface area contributed by atoms with E-state index in [0.717, 1.165) is 0 Å². The number of allylic oxidation sites excluding steroid dienone is 2. The first-order chi connectivity index (χ1) is 17.4. The van der Waals surface area contributed by atoms with Gasteiger partial charge in [0.1, 0.15) is 17.3 Å². The van der Waals surface area contributed by atoms with Crippen LogP contribution in [0, 0.1) is 18.3 Å². The lowest BCUT2D eigenvalue weighted by Gasteiger charge is -2.28. The maximum absolute atomic E-state index is 13.5. The number of aromatic nitrogens is 1. The van der Waals surface area contributed by atoms with Gasteiger partial charge in [-0.1, -0.05) is 23.9 Å². The van der Waals surface area contributed by atoms with Gasteiger partial charge in [-0.2, -0.15) is 5.26 Å². The number of ether oxygens (including phenoxy) is 1. The van der Waals surface area contributed by atoms with E-state index in [9.17, 15) is 14.9 Å². The summed E-state index contributed by atoms with van der Waals surface area (Å²) in [7, 11) is 1.52. The van der Waals surface area contributed by atoms with Crippen LogP contribution in [0.15, 0.2) is 74.3 Å². The topological polar surface area (TPSA) is 129 Å². The second-order valence-corrected chi connectivity index (χ2v) is 9.61. The molecule has 0 spiro atoms. The quantitative estimate of drug-likeness (QED) is 0.387. The summed E-state index contributed by atoms with van der Waals surface area (Å²) in [5.41, 5.74) is 1.67. The van der Waals surface area contributed by atoms with E-state index >= 15 is 0 Å². The summed E-state index contributed by atoms with van der Waals surface area (Å²) in [6.07, 6.45) is 1.61. The largest absolute Gasteiger partial charge is 0.495 e. The number of dihydropyridines is 1. The minimum absolute atomic E-state index is 0.0486. The molecular weight excluding hydrogens is 498 g/mol. The smallest absolute Gasteiger partial charge is 0.254 e.